The van der Waals surface area contributed by atoms with Crippen LogP contribution >= 0.6 is 0 Å². The van der Waals surface area contributed by atoms with Gasteiger partial charge >= 0.3 is 0 Å². The molecular formula is C15H28N2O. The Morgan fingerprint density at radius 1 is 1.22 bits per heavy atom. The van der Waals surface area contributed by atoms with Crippen molar-refractivity contribution in [3.8, 4) is 0 Å². The van der Waals surface area contributed by atoms with Crippen LogP contribution in [0.3, 0.4) is 0 Å². The minimum Gasteiger partial charge on any atom is -0.342 e. The predicted octanol–water partition coefficient (Wildman–Crippen LogP) is 2.27. The molecule has 3 nitrogen and oxygen atoms in total. The largest absolute Gasteiger partial charge is 0.342 e. The first-order valence-corrected chi connectivity index (χ1v) is 7.72. The van der Waals surface area contributed by atoms with Gasteiger partial charge in [0.15, 0.2) is 0 Å². The molecule has 0 aromatic heterocycles. The van der Waals surface area contributed by atoms with Gasteiger partial charge in [0.25, 0.3) is 0 Å². The van der Waals surface area contributed by atoms with Crippen LogP contribution in [0.2, 0.25) is 0 Å². The SMILES string of the molecule is CCNCC1CCN(C(=O)C2CCCC2C)CC1. The van der Waals surface area contributed by atoms with Gasteiger partial charge in [-0.2, -0.15) is 0 Å². The molecule has 1 N–H and O–H groups in total. The van der Waals surface area contributed by atoms with E-state index in [0.717, 1.165) is 38.5 Å². The molecule has 1 saturated heterocycles. The van der Waals surface area contributed by atoms with Crippen LogP contribution < -0.4 is 5.32 Å². The van der Waals surface area contributed by atoms with Crippen LogP contribution in [-0.2, 0) is 4.79 Å². The van der Waals surface area contributed by atoms with E-state index >= 15 is 0 Å². The maximum atomic E-state index is 12.4. The Labute approximate surface area is 111 Å². The van der Waals surface area contributed by atoms with Crippen molar-refractivity contribution in [3.05, 3.63) is 0 Å². The Morgan fingerprint density at radius 3 is 2.50 bits per heavy atom. The molecule has 0 spiro atoms. The van der Waals surface area contributed by atoms with E-state index in [1.54, 1.807) is 0 Å². The van der Waals surface area contributed by atoms with Gasteiger partial charge in [-0.3, -0.25) is 4.79 Å². The fourth-order valence-corrected chi connectivity index (χ4v) is 3.45. The smallest absolute Gasteiger partial charge is 0.225 e. The van der Waals surface area contributed by atoms with Crippen molar-refractivity contribution < 1.29 is 4.79 Å². The highest BCUT2D eigenvalue weighted by atomic mass is 16.2. The summed E-state index contributed by atoms with van der Waals surface area (Å²) in [6.07, 6.45) is 5.97. The molecule has 1 heterocycles. The van der Waals surface area contributed by atoms with Gasteiger partial charge in [0.05, 0.1) is 0 Å². The average Bonchev–Trinajstić information content (AvgIpc) is 2.82. The van der Waals surface area contributed by atoms with Crippen LogP contribution in [0.25, 0.3) is 0 Å². The van der Waals surface area contributed by atoms with Crippen LogP contribution in [0.5, 0.6) is 0 Å². The number of rotatable bonds is 4. The summed E-state index contributed by atoms with van der Waals surface area (Å²) in [6, 6.07) is 0. The van der Waals surface area contributed by atoms with Crippen LogP contribution in [0.15, 0.2) is 0 Å². The zero-order valence-electron chi connectivity index (χ0n) is 12.0. The average molecular weight is 252 g/mol. The van der Waals surface area contributed by atoms with Gasteiger partial charge in [-0.05, 0) is 50.6 Å². The van der Waals surface area contributed by atoms with E-state index in [4.69, 9.17) is 0 Å². The molecule has 2 rings (SSSR count). The molecule has 2 aliphatic rings. The Kier molecular flexibility index (Phi) is 5.04. The highest BCUT2D eigenvalue weighted by Gasteiger charge is 2.34. The molecule has 0 bridgehead atoms. The standard InChI is InChI=1S/C15H28N2O/c1-3-16-11-13-7-9-17(10-8-13)15(18)14-6-4-5-12(14)2/h12-14,16H,3-11H2,1-2H3. The number of likely N-dealkylation sites (tertiary alicyclic amines) is 1. The second-order valence-electron chi connectivity index (χ2n) is 6.09. The van der Waals surface area contributed by atoms with Crippen molar-refractivity contribution in [1.29, 1.82) is 0 Å². The van der Waals surface area contributed by atoms with Crippen molar-refractivity contribution in [2.45, 2.75) is 46.0 Å². The summed E-state index contributed by atoms with van der Waals surface area (Å²) in [5.74, 6) is 2.16. The normalized spacial score (nSPS) is 29.8. The highest BCUT2D eigenvalue weighted by molar-refractivity contribution is 5.79. The summed E-state index contributed by atoms with van der Waals surface area (Å²) < 4.78 is 0. The molecular weight excluding hydrogens is 224 g/mol. The third kappa shape index (κ3) is 3.25. The van der Waals surface area contributed by atoms with Crippen LogP contribution in [-0.4, -0.2) is 37.0 Å². The van der Waals surface area contributed by atoms with Gasteiger partial charge in [-0.15, -0.1) is 0 Å². The first kappa shape index (κ1) is 13.9. The zero-order valence-corrected chi connectivity index (χ0v) is 12.0. The van der Waals surface area contributed by atoms with Crippen molar-refractivity contribution >= 4 is 5.91 Å². The lowest BCUT2D eigenvalue weighted by atomic mass is 9.92. The summed E-state index contributed by atoms with van der Waals surface area (Å²) in [4.78, 5) is 14.6. The molecule has 0 aromatic rings. The van der Waals surface area contributed by atoms with Crippen LogP contribution in [0.1, 0.15) is 46.0 Å². The predicted molar refractivity (Wildman–Crippen MR) is 74.4 cm³/mol. The van der Waals surface area contributed by atoms with E-state index in [2.05, 4.69) is 24.1 Å². The summed E-state index contributed by atoms with van der Waals surface area (Å²) >= 11 is 0. The van der Waals surface area contributed by atoms with Crippen LogP contribution in [0, 0.1) is 17.8 Å². The van der Waals surface area contributed by atoms with Gasteiger partial charge in [-0.25, -0.2) is 0 Å². The molecule has 2 atom stereocenters. The Hall–Kier alpha value is -0.570. The van der Waals surface area contributed by atoms with Crippen molar-refractivity contribution in [2.24, 2.45) is 17.8 Å². The van der Waals surface area contributed by atoms with Crippen LogP contribution in [0.4, 0.5) is 0 Å². The van der Waals surface area contributed by atoms with Gasteiger partial charge in [-0.1, -0.05) is 20.3 Å². The van der Waals surface area contributed by atoms with E-state index in [0.29, 0.717) is 17.7 Å². The van der Waals surface area contributed by atoms with E-state index < -0.39 is 0 Å². The second-order valence-corrected chi connectivity index (χ2v) is 6.09. The molecule has 2 fully saturated rings. The molecule has 104 valence electrons. The van der Waals surface area contributed by atoms with Crippen molar-refractivity contribution in [2.75, 3.05) is 26.2 Å². The number of amides is 1. The molecule has 3 heteroatoms. The van der Waals surface area contributed by atoms with E-state index in [-0.39, 0.29) is 0 Å². The third-order valence-electron chi connectivity index (χ3n) is 4.79. The van der Waals surface area contributed by atoms with Gasteiger partial charge < -0.3 is 10.2 Å². The first-order chi connectivity index (χ1) is 8.72. The second kappa shape index (κ2) is 6.55. The highest BCUT2D eigenvalue weighted by Crippen LogP contribution is 2.33. The number of carbonyl (C=O) groups is 1. The number of carbonyl (C=O) groups excluding carboxylic acids is 1. The number of nitrogens with one attached hydrogen (secondary N) is 1. The maximum Gasteiger partial charge on any atom is 0.225 e. The molecule has 2 unspecified atom stereocenters. The fourth-order valence-electron chi connectivity index (χ4n) is 3.45. The molecule has 1 aliphatic heterocycles. The summed E-state index contributed by atoms with van der Waals surface area (Å²) in [5, 5.41) is 3.42. The zero-order chi connectivity index (χ0) is 13.0. The fraction of sp³-hybridized carbons (Fsp3) is 0.933. The van der Waals surface area contributed by atoms with Gasteiger partial charge in [0, 0.05) is 19.0 Å². The van der Waals surface area contributed by atoms with Gasteiger partial charge in [0.1, 0.15) is 0 Å². The lowest BCUT2D eigenvalue weighted by molar-refractivity contribution is -0.137. The number of hydrogen-bond acceptors (Lipinski definition) is 2. The van der Waals surface area contributed by atoms with E-state index in [9.17, 15) is 4.79 Å². The minimum atomic E-state index is 0.329. The maximum absolute atomic E-state index is 12.4. The summed E-state index contributed by atoms with van der Waals surface area (Å²) in [6.45, 7) is 8.54. The lowest BCUT2D eigenvalue weighted by Crippen LogP contribution is -2.43. The molecule has 1 amide bonds. The summed E-state index contributed by atoms with van der Waals surface area (Å²) in [7, 11) is 0. The van der Waals surface area contributed by atoms with Crippen molar-refractivity contribution in [1.82, 2.24) is 10.2 Å². The lowest BCUT2D eigenvalue weighted by Gasteiger charge is -2.34. The molecule has 1 aliphatic carbocycles. The Balaban J connectivity index is 1.77. The monoisotopic (exact) mass is 252 g/mol. The first-order valence-electron chi connectivity index (χ1n) is 7.72. The minimum absolute atomic E-state index is 0.329. The van der Waals surface area contributed by atoms with E-state index in [1.165, 1.54) is 25.7 Å². The Morgan fingerprint density at radius 2 is 1.94 bits per heavy atom. The van der Waals surface area contributed by atoms with E-state index in [1.807, 2.05) is 0 Å². The molecule has 0 radical (unpaired) electrons. The van der Waals surface area contributed by atoms with Crippen molar-refractivity contribution in [3.63, 3.8) is 0 Å². The Bertz CT molecular complexity index is 272. The molecule has 18 heavy (non-hydrogen) atoms. The number of nitrogens with zero attached hydrogens (tertiary/aromatic N) is 1. The molecule has 1 saturated carbocycles. The number of hydrogen-bond donors (Lipinski definition) is 1. The third-order valence-corrected chi connectivity index (χ3v) is 4.79. The van der Waals surface area contributed by atoms with Gasteiger partial charge in [0.2, 0.25) is 5.91 Å². The quantitative estimate of drug-likeness (QED) is 0.832. The topological polar surface area (TPSA) is 32.3 Å². The number of piperidine rings is 1. The summed E-state index contributed by atoms with van der Waals surface area (Å²) in [5.41, 5.74) is 0. The molecule has 0 aromatic carbocycles.